The molecule has 0 fully saturated rings. The largest absolute Gasteiger partial charge is 0.0906 e. The zero-order valence-electron chi connectivity index (χ0n) is 12.3. The number of fused-ring (bicyclic) bond motifs is 2. The molecule has 0 aliphatic rings. The maximum atomic E-state index is 4.31. The van der Waals surface area contributed by atoms with E-state index >= 15 is 0 Å². The van der Waals surface area contributed by atoms with Crippen molar-refractivity contribution in [1.29, 1.82) is 0 Å². The Hall–Kier alpha value is -2.86. The predicted molar refractivity (Wildman–Crippen MR) is 96.0 cm³/mol. The van der Waals surface area contributed by atoms with Crippen molar-refractivity contribution >= 4 is 27.1 Å². The molecule has 0 amide bonds. The van der Waals surface area contributed by atoms with Crippen LogP contribution in [0.5, 0.6) is 0 Å². The first-order valence-electron chi connectivity index (χ1n) is 7.48. The Kier molecular flexibility index (Phi) is 3.01. The van der Waals surface area contributed by atoms with Crippen LogP contribution in [0.4, 0.5) is 0 Å². The molecule has 0 aliphatic carbocycles. The molecule has 0 aromatic heterocycles. The van der Waals surface area contributed by atoms with E-state index in [2.05, 4.69) is 91.5 Å². The number of hydrogen-bond acceptors (Lipinski definition) is 0. The van der Waals surface area contributed by atoms with Gasteiger partial charge in [-0.3, -0.25) is 0 Å². The van der Waals surface area contributed by atoms with Crippen LogP contribution in [-0.4, -0.2) is 0 Å². The molecule has 0 spiro atoms. The molecule has 0 nitrogen and oxygen atoms in total. The lowest BCUT2D eigenvalue weighted by molar-refractivity contribution is 1.60. The van der Waals surface area contributed by atoms with E-state index in [0.717, 1.165) is 5.57 Å². The molecule has 0 atom stereocenters. The van der Waals surface area contributed by atoms with Gasteiger partial charge < -0.3 is 0 Å². The van der Waals surface area contributed by atoms with Gasteiger partial charge in [0.1, 0.15) is 0 Å². The van der Waals surface area contributed by atoms with Crippen molar-refractivity contribution in [1.82, 2.24) is 0 Å². The van der Waals surface area contributed by atoms with E-state index in [9.17, 15) is 0 Å². The van der Waals surface area contributed by atoms with Crippen molar-refractivity contribution in [2.24, 2.45) is 0 Å². The van der Waals surface area contributed by atoms with Crippen LogP contribution in [0.25, 0.3) is 27.1 Å². The molecule has 104 valence electrons. The summed E-state index contributed by atoms with van der Waals surface area (Å²) in [6.07, 6.45) is 0. The summed E-state index contributed by atoms with van der Waals surface area (Å²) in [6.45, 7) is 4.31. The van der Waals surface area contributed by atoms with Gasteiger partial charge in [-0.2, -0.15) is 0 Å². The summed E-state index contributed by atoms with van der Waals surface area (Å²) < 4.78 is 0. The zero-order chi connectivity index (χ0) is 14.9. The van der Waals surface area contributed by atoms with Gasteiger partial charge in [-0.1, -0.05) is 79.4 Å². The van der Waals surface area contributed by atoms with E-state index < -0.39 is 0 Å². The van der Waals surface area contributed by atoms with Gasteiger partial charge in [-0.15, -0.1) is 0 Å². The van der Waals surface area contributed by atoms with E-state index in [0.29, 0.717) is 0 Å². The van der Waals surface area contributed by atoms with E-state index in [1.807, 2.05) is 0 Å². The van der Waals surface area contributed by atoms with Crippen LogP contribution in [-0.2, 0) is 0 Å². The van der Waals surface area contributed by atoms with E-state index in [4.69, 9.17) is 0 Å². The quantitative estimate of drug-likeness (QED) is 0.419. The highest BCUT2D eigenvalue weighted by Crippen LogP contribution is 2.27. The second kappa shape index (κ2) is 5.16. The highest BCUT2D eigenvalue weighted by atomic mass is 14.1. The monoisotopic (exact) mass is 280 g/mol. The molecule has 4 aromatic carbocycles. The molecule has 0 aliphatic heterocycles. The summed E-state index contributed by atoms with van der Waals surface area (Å²) in [6, 6.07) is 29.9. The molecule has 0 bridgehead atoms. The molecule has 4 aromatic rings. The second-order valence-corrected chi connectivity index (χ2v) is 5.60. The standard InChI is InChI=1S/C22H16/c1-16(19-12-10-17-6-2-4-8-21(17)14-19)20-13-11-18-7-3-5-9-22(18)15-20/h2-15H,1H2. The van der Waals surface area contributed by atoms with Gasteiger partial charge in [0.2, 0.25) is 0 Å². The highest BCUT2D eigenvalue weighted by molar-refractivity contribution is 5.92. The normalized spacial score (nSPS) is 10.9. The molecule has 0 radical (unpaired) electrons. The van der Waals surface area contributed by atoms with Crippen molar-refractivity contribution in [3.05, 3.63) is 103 Å². The summed E-state index contributed by atoms with van der Waals surface area (Å²) in [5.74, 6) is 0. The molecule has 0 heteroatoms. The second-order valence-electron chi connectivity index (χ2n) is 5.60. The lowest BCUT2D eigenvalue weighted by atomic mass is 9.95. The molecule has 22 heavy (non-hydrogen) atoms. The molecule has 0 saturated carbocycles. The number of rotatable bonds is 2. The third-order valence-electron chi connectivity index (χ3n) is 4.20. The van der Waals surface area contributed by atoms with Gasteiger partial charge >= 0.3 is 0 Å². The highest BCUT2D eigenvalue weighted by Gasteiger charge is 2.04. The van der Waals surface area contributed by atoms with Crippen molar-refractivity contribution in [3.63, 3.8) is 0 Å². The third-order valence-corrected chi connectivity index (χ3v) is 4.20. The van der Waals surface area contributed by atoms with Crippen LogP contribution in [0, 0.1) is 0 Å². The van der Waals surface area contributed by atoms with Gasteiger partial charge in [0, 0.05) is 0 Å². The van der Waals surface area contributed by atoms with Crippen LogP contribution < -0.4 is 0 Å². The Morgan fingerprint density at radius 1 is 0.500 bits per heavy atom. The smallest absolute Gasteiger partial charge is 0.0178 e. The summed E-state index contributed by atoms with van der Waals surface area (Å²) in [5.41, 5.74) is 3.42. The molecule has 0 heterocycles. The maximum Gasteiger partial charge on any atom is -0.0178 e. The summed E-state index contributed by atoms with van der Waals surface area (Å²) >= 11 is 0. The summed E-state index contributed by atoms with van der Waals surface area (Å²) in [5, 5.41) is 5.03. The average molecular weight is 280 g/mol. The van der Waals surface area contributed by atoms with Gasteiger partial charge in [-0.25, -0.2) is 0 Å². The third kappa shape index (κ3) is 2.19. The van der Waals surface area contributed by atoms with Crippen molar-refractivity contribution in [2.75, 3.05) is 0 Å². The minimum absolute atomic E-state index is 1.07. The summed E-state index contributed by atoms with van der Waals surface area (Å²) in [4.78, 5) is 0. The van der Waals surface area contributed by atoms with Gasteiger partial charge in [0.15, 0.2) is 0 Å². The van der Waals surface area contributed by atoms with Crippen LogP contribution in [0.15, 0.2) is 91.5 Å². The Bertz CT molecular complexity index is 911. The van der Waals surface area contributed by atoms with Crippen LogP contribution >= 0.6 is 0 Å². The van der Waals surface area contributed by atoms with Crippen LogP contribution in [0.2, 0.25) is 0 Å². The first kappa shape index (κ1) is 12.8. The first-order valence-corrected chi connectivity index (χ1v) is 7.48. The lowest BCUT2D eigenvalue weighted by Crippen LogP contribution is -1.87. The van der Waals surface area contributed by atoms with Crippen molar-refractivity contribution in [2.45, 2.75) is 0 Å². The van der Waals surface area contributed by atoms with Gasteiger partial charge in [0.25, 0.3) is 0 Å². The van der Waals surface area contributed by atoms with Crippen molar-refractivity contribution in [3.8, 4) is 0 Å². The molecular weight excluding hydrogens is 264 g/mol. The molecule has 0 unspecified atom stereocenters. The molecule has 0 saturated heterocycles. The fraction of sp³-hybridized carbons (Fsp3) is 0. The first-order chi connectivity index (χ1) is 10.8. The number of benzene rings is 4. The van der Waals surface area contributed by atoms with Gasteiger partial charge in [-0.05, 0) is 50.4 Å². The Labute approximate surface area is 130 Å². The average Bonchev–Trinajstić information content (AvgIpc) is 2.60. The van der Waals surface area contributed by atoms with Crippen LogP contribution in [0.3, 0.4) is 0 Å². The fourth-order valence-corrected chi connectivity index (χ4v) is 2.92. The maximum absolute atomic E-state index is 4.31. The zero-order valence-corrected chi connectivity index (χ0v) is 12.3. The Morgan fingerprint density at radius 2 is 0.909 bits per heavy atom. The van der Waals surface area contributed by atoms with Crippen molar-refractivity contribution < 1.29 is 0 Å². The van der Waals surface area contributed by atoms with E-state index in [1.165, 1.54) is 32.7 Å². The topological polar surface area (TPSA) is 0 Å². The minimum atomic E-state index is 1.07. The van der Waals surface area contributed by atoms with Gasteiger partial charge in [0.05, 0.1) is 0 Å². The molecule has 4 rings (SSSR count). The minimum Gasteiger partial charge on any atom is -0.0906 e. The van der Waals surface area contributed by atoms with Crippen LogP contribution in [0.1, 0.15) is 11.1 Å². The Balaban J connectivity index is 1.80. The molecule has 0 N–H and O–H groups in total. The predicted octanol–water partition coefficient (Wildman–Crippen LogP) is 6.05. The number of hydrogen-bond donors (Lipinski definition) is 0. The Morgan fingerprint density at radius 3 is 1.36 bits per heavy atom. The van der Waals surface area contributed by atoms with E-state index in [-0.39, 0.29) is 0 Å². The molecular formula is C22H16. The lowest BCUT2D eigenvalue weighted by Gasteiger charge is -2.09. The SMILES string of the molecule is C=C(c1ccc2ccccc2c1)c1ccc2ccccc2c1. The summed E-state index contributed by atoms with van der Waals surface area (Å²) in [7, 11) is 0. The fourth-order valence-electron chi connectivity index (χ4n) is 2.92. The van der Waals surface area contributed by atoms with E-state index in [1.54, 1.807) is 0 Å².